The number of aromatic nitrogens is 7. The van der Waals surface area contributed by atoms with E-state index >= 15 is 0 Å². The average Bonchev–Trinajstić information content (AvgIpc) is 3.56. The number of alkyl halides is 2. The first-order valence-electron chi connectivity index (χ1n) is 11.0. The van der Waals surface area contributed by atoms with E-state index in [4.69, 9.17) is 4.98 Å². The summed E-state index contributed by atoms with van der Waals surface area (Å²) in [5, 5.41) is 8.41. The third kappa shape index (κ3) is 3.33. The van der Waals surface area contributed by atoms with Crippen LogP contribution in [0, 0.1) is 0 Å². The van der Waals surface area contributed by atoms with Crippen molar-refractivity contribution in [1.82, 2.24) is 34.5 Å². The van der Waals surface area contributed by atoms with Crippen molar-refractivity contribution in [2.24, 2.45) is 14.1 Å². The highest BCUT2D eigenvalue weighted by Gasteiger charge is 2.26. The number of benzene rings is 1. The predicted octanol–water partition coefficient (Wildman–Crippen LogP) is 4.78. The first kappa shape index (κ1) is 20.5. The summed E-state index contributed by atoms with van der Waals surface area (Å²) in [4.78, 5) is 14.6. The fourth-order valence-electron chi connectivity index (χ4n) is 4.67. The van der Waals surface area contributed by atoms with Crippen molar-refractivity contribution in [3.05, 3.63) is 60.4 Å². The highest BCUT2D eigenvalue weighted by Crippen LogP contribution is 2.41. The van der Waals surface area contributed by atoms with E-state index in [0.717, 1.165) is 40.7 Å². The van der Waals surface area contributed by atoms with Gasteiger partial charge in [-0.05, 0) is 36.1 Å². The first-order valence-corrected chi connectivity index (χ1v) is 11.0. The summed E-state index contributed by atoms with van der Waals surface area (Å²) in [6.45, 7) is 0.675. The maximum Gasteiger partial charge on any atom is 0.264 e. The molecular weight excluding hydrogens is 438 g/mol. The average molecular weight is 460 g/mol. The number of hydrogen-bond donors (Lipinski definition) is 1. The van der Waals surface area contributed by atoms with Crippen LogP contribution in [0.5, 0.6) is 0 Å². The summed E-state index contributed by atoms with van der Waals surface area (Å²) >= 11 is 0. The minimum atomic E-state index is -2.61. The molecular formula is C24H22F2N8. The Morgan fingerprint density at radius 1 is 0.971 bits per heavy atom. The van der Waals surface area contributed by atoms with E-state index in [2.05, 4.69) is 20.2 Å². The number of nitrogens with one attached hydrogen (secondary N) is 1. The van der Waals surface area contributed by atoms with Gasteiger partial charge in [0.2, 0.25) is 0 Å². The molecule has 0 amide bonds. The maximum atomic E-state index is 14.1. The third-order valence-corrected chi connectivity index (χ3v) is 6.28. The Labute approximate surface area is 193 Å². The van der Waals surface area contributed by atoms with Crippen molar-refractivity contribution in [2.45, 2.75) is 19.3 Å². The lowest BCUT2D eigenvalue weighted by atomic mass is 9.93. The summed E-state index contributed by atoms with van der Waals surface area (Å²) in [6.07, 6.45) is 9.73. The smallest absolute Gasteiger partial charge is 0.264 e. The zero-order chi connectivity index (χ0) is 23.4. The van der Waals surface area contributed by atoms with Crippen LogP contribution in [0.2, 0.25) is 0 Å². The van der Waals surface area contributed by atoms with E-state index in [1.54, 1.807) is 47.3 Å². The van der Waals surface area contributed by atoms with Crippen LogP contribution in [0.25, 0.3) is 33.4 Å². The van der Waals surface area contributed by atoms with Gasteiger partial charge in [0.15, 0.2) is 11.5 Å². The second-order valence-corrected chi connectivity index (χ2v) is 8.56. The van der Waals surface area contributed by atoms with Crippen LogP contribution in [-0.4, -0.2) is 41.1 Å². The molecule has 6 rings (SSSR count). The predicted molar refractivity (Wildman–Crippen MR) is 125 cm³/mol. The Morgan fingerprint density at radius 3 is 2.38 bits per heavy atom. The van der Waals surface area contributed by atoms with Gasteiger partial charge >= 0.3 is 0 Å². The van der Waals surface area contributed by atoms with Gasteiger partial charge in [0.05, 0.1) is 18.6 Å². The molecule has 1 aromatic carbocycles. The molecule has 4 aromatic heterocycles. The highest BCUT2D eigenvalue weighted by atomic mass is 19.3. The molecule has 0 aliphatic carbocycles. The van der Waals surface area contributed by atoms with Crippen LogP contribution in [0.4, 0.5) is 20.3 Å². The number of H-pyrrole nitrogens is 1. The van der Waals surface area contributed by atoms with Crippen LogP contribution < -0.4 is 4.90 Å². The zero-order valence-electron chi connectivity index (χ0n) is 18.7. The van der Waals surface area contributed by atoms with Crippen LogP contribution in [0.3, 0.4) is 0 Å². The first-order chi connectivity index (χ1) is 16.5. The van der Waals surface area contributed by atoms with Crippen LogP contribution in [0.1, 0.15) is 24.0 Å². The number of hydrogen-bond acceptors (Lipinski definition) is 5. The van der Waals surface area contributed by atoms with Gasteiger partial charge < -0.3 is 9.88 Å². The monoisotopic (exact) mass is 460 g/mol. The fraction of sp³-hybridized carbons (Fsp3) is 0.250. The Bertz CT molecular complexity index is 1510. The maximum absolute atomic E-state index is 14.1. The van der Waals surface area contributed by atoms with Gasteiger partial charge in [-0.15, -0.1) is 0 Å². The second-order valence-electron chi connectivity index (χ2n) is 8.56. The summed E-state index contributed by atoms with van der Waals surface area (Å²) < 4.78 is 31.6. The van der Waals surface area contributed by atoms with Gasteiger partial charge in [0, 0.05) is 67.2 Å². The SMILES string of the molecule is Cn1cc(-c2cc3c(cc2C(F)F)N(c2cnc4[nH]cc(-c5cnn(C)c5)c4n2)CCC3)cn1. The molecule has 0 spiro atoms. The lowest BCUT2D eigenvalue weighted by Gasteiger charge is -2.31. The molecule has 5 heterocycles. The third-order valence-electron chi connectivity index (χ3n) is 6.28. The molecule has 0 unspecified atom stereocenters. The molecule has 34 heavy (non-hydrogen) atoms. The molecule has 0 bridgehead atoms. The topological polar surface area (TPSA) is 80.5 Å². The van der Waals surface area contributed by atoms with Crippen LogP contribution >= 0.6 is 0 Å². The van der Waals surface area contributed by atoms with Crippen molar-refractivity contribution < 1.29 is 8.78 Å². The van der Waals surface area contributed by atoms with Crippen molar-refractivity contribution >= 4 is 22.7 Å². The molecule has 5 aromatic rings. The largest absolute Gasteiger partial charge is 0.344 e. The summed E-state index contributed by atoms with van der Waals surface area (Å²) in [5.74, 6) is 0.632. The van der Waals surface area contributed by atoms with E-state index in [1.165, 1.54) is 0 Å². The lowest BCUT2D eigenvalue weighted by Crippen LogP contribution is -2.26. The molecule has 0 saturated heterocycles. The van der Waals surface area contributed by atoms with E-state index in [-0.39, 0.29) is 5.56 Å². The number of rotatable bonds is 4. The molecule has 1 N–H and O–H groups in total. The van der Waals surface area contributed by atoms with Crippen molar-refractivity contribution in [3.8, 4) is 22.3 Å². The van der Waals surface area contributed by atoms with Crippen LogP contribution in [0.15, 0.2) is 49.3 Å². The van der Waals surface area contributed by atoms with Gasteiger partial charge in [0.25, 0.3) is 6.43 Å². The van der Waals surface area contributed by atoms with E-state index in [1.807, 2.05) is 30.4 Å². The molecule has 0 atom stereocenters. The van der Waals surface area contributed by atoms with E-state index in [9.17, 15) is 8.78 Å². The number of anilines is 2. The molecule has 1 aliphatic rings. The minimum Gasteiger partial charge on any atom is -0.344 e. The number of nitrogens with zero attached hydrogens (tertiary/aromatic N) is 7. The summed E-state index contributed by atoms with van der Waals surface area (Å²) in [5.41, 5.74) is 6.18. The quantitative estimate of drug-likeness (QED) is 0.418. The van der Waals surface area contributed by atoms with Crippen molar-refractivity contribution in [1.29, 1.82) is 0 Å². The molecule has 10 heteroatoms. The number of halogens is 2. The van der Waals surface area contributed by atoms with Crippen molar-refractivity contribution in [3.63, 3.8) is 0 Å². The number of aromatic amines is 1. The van der Waals surface area contributed by atoms with Gasteiger partial charge in [-0.3, -0.25) is 9.36 Å². The number of fused-ring (bicyclic) bond motifs is 2. The van der Waals surface area contributed by atoms with Gasteiger partial charge in [-0.25, -0.2) is 18.7 Å². The molecule has 0 fully saturated rings. The summed E-state index contributed by atoms with van der Waals surface area (Å²) in [6, 6.07) is 3.48. The fourth-order valence-corrected chi connectivity index (χ4v) is 4.67. The second kappa shape index (κ2) is 7.75. The van der Waals surface area contributed by atoms with Gasteiger partial charge in [0.1, 0.15) is 5.52 Å². The molecule has 172 valence electrons. The Morgan fingerprint density at radius 2 is 1.71 bits per heavy atom. The summed E-state index contributed by atoms with van der Waals surface area (Å²) in [7, 11) is 3.64. The number of aryl methyl sites for hydroxylation is 3. The Hall–Kier alpha value is -4.08. The standard InChI is InChI=1S/C24H22F2N8/c1-32-12-15(8-29-32)17-6-14-4-3-5-34(20(14)7-18(17)23(25)26)21-11-28-24-22(31-21)19(10-27-24)16-9-30-33(2)13-16/h6-13,23H,3-5H2,1-2H3,(H,27,28). The van der Waals surface area contributed by atoms with Crippen LogP contribution in [-0.2, 0) is 20.5 Å². The normalized spacial score (nSPS) is 13.7. The zero-order valence-corrected chi connectivity index (χ0v) is 18.7. The lowest BCUT2D eigenvalue weighted by molar-refractivity contribution is 0.152. The Balaban J connectivity index is 1.47. The molecule has 8 nitrogen and oxygen atoms in total. The Kier molecular flexibility index (Phi) is 4.68. The van der Waals surface area contributed by atoms with E-state index < -0.39 is 6.43 Å². The van der Waals surface area contributed by atoms with Gasteiger partial charge in [-0.1, -0.05) is 0 Å². The minimum absolute atomic E-state index is 0.00891. The van der Waals surface area contributed by atoms with Gasteiger partial charge in [-0.2, -0.15) is 10.2 Å². The van der Waals surface area contributed by atoms with E-state index in [0.29, 0.717) is 29.1 Å². The molecule has 0 saturated carbocycles. The molecule has 0 radical (unpaired) electrons. The molecule has 1 aliphatic heterocycles. The van der Waals surface area contributed by atoms with Crippen molar-refractivity contribution in [2.75, 3.05) is 11.4 Å². The highest BCUT2D eigenvalue weighted by molar-refractivity contribution is 5.91.